The number of aryl methyl sites for hydroxylation is 1. The summed E-state index contributed by atoms with van der Waals surface area (Å²) in [6, 6.07) is 5.24. The predicted molar refractivity (Wildman–Crippen MR) is 117 cm³/mol. The Kier molecular flexibility index (Phi) is 11.3. The van der Waals surface area contributed by atoms with Crippen LogP contribution in [0.15, 0.2) is 22.7 Å². The van der Waals surface area contributed by atoms with E-state index in [0.717, 1.165) is 16.8 Å². The van der Waals surface area contributed by atoms with Gasteiger partial charge in [0.05, 0.1) is 17.8 Å². The van der Waals surface area contributed by atoms with Crippen molar-refractivity contribution in [3.8, 4) is 11.1 Å². The normalized spacial score (nSPS) is 11.4. The Labute approximate surface area is 178 Å². The highest BCUT2D eigenvalue weighted by molar-refractivity contribution is 6.31. The molecule has 0 spiro atoms. The van der Waals surface area contributed by atoms with Gasteiger partial charge in [0.25, 0.3) is 5.91 Å². The minimum absolute atomic E-state index is 0.145. The smallest absolute Gasteiger partial charge is 0.303 e. The number of esters is 1. The topological polar surface area (TPSA) is 81.4 Å². The molecule has 1 N–H and O–H groups in total. The van der Waals surface area contributed by atoms with E-state index in [2.05, 4.69) is 10.5 Å². The van der Waals surface area contributed by atoms with Gasteiger partial charge in [-0.05, 0) is 39.8 Å². The number of amides is 1. The molecule has 1 aliphatic rings. The second kappa shape index (κ2) is 12.3. The fourth-order valence-corrected chi connectivity index (χ4v) is 2.66. The Morgan fingerprint density at radius 3 is 2.24 bits per heavy atom. The second-order valence-corrected chi connectivity index (χ2v) is 7.08. The monoisotopic (exact) mass is 424 g/mol. The van der Waals surface area contributed by atoms with E-state index in [-0.39, 0.29) is 17.5 Å². The molecule has 2 heterocycles. The maximum atomic E-state index is 11.9. The van der Waals surface area contributed by atoms with E-state index in [4.69, 9.17) is 20.9 Å². The van der Waals surface area contributed by atoms with Crippen LogP contribution in [0.3, 0.4) is 0 Å². The molecule has 29 heavy (non-hydrogen) atoms. The van der Waals surface area contributed by atoms with Gasteiger partial charge >= 0.3 is 5.97 Å². The lowest BCUT2D eigenvalue weighted by Crippen LogP contribution is -2.21. The molecule has 0 bridgehead atoms. The van der Waals surface area contributed by atoms with Crippen LogP contribution in [-0.2, 0) is 16.1 Å². The standard InChI is InChI=1S/C12H9ClN2O2.C6H12O2.2C2H6/c1-6-11-8-3-2-7(13)4-9(8)12(16)14-5-10(11)17-15-6;1-5(7)8-6(2,3)4;2*1-2/h2-4H,5H2,1H3,(H,14,16);1-4H3;2*1-2H3. The molecule has 0 radical (unpaired) electrons. The Morgan fingerprint density at radius 2 is 1.76 bits per heavy atom. The Bertz CT molecular complexity index is 808. The number of rotatable bonds is 0. The van der Waals surface area contributed by atoms with Crippen LogP contribution in [0, 0.1) is 6.92 Å². The maximum Gasteiger partial charge on any atom is 0.303 e. The summed E-state index contributed by atoms with van der Waals surface area (Å²) in [6.45, 7) is 17.1. The maximum absolute atomic E-state index is 11.9. The first-order valence-electron chi connectivity index (χ1n) is 9.81. The van der Waals surface area contributed by atoms with Crippen LogP contribution in [0.2, 0.25) is 5.02 Å². The minimum Gasteiger partial charge on any atom is -0.460 e. The minimum atomic E-state index is -0.328. The number of carbonyl (C=O) groups is 2. The van der Waals surface area contributed by atoms with Gasteiger partial charge in [0.2, 0.25) is 0 Å². The number of aromatic nitrogens is 1. The van der Waals surface area contributed by atoms with Gasteiger partial charge in [0.15, 0.2) is 5.76 Å². The van der Waals surface area contributed by atoms with Crippen LogP contribution in [0.1, 0.15) is 77.2 Å². The molecular formula is C22H33ClN2O4. The Morgan fingerprint density at radius 1 is 1.17 bits per heavy atom. The van der Waals surface area contributed by atoms with Crippen molar-refractivity contribution >= 4 is 23.5 Å². The molecule has 2 aromatic rings. The Balaban J connectivity index is 0.000000557. The number of nitrogens with one attached hydrogen (secondary N) is 1. The molecule has 1 aliphatic heterocycles. The van der Waals surface area contributed by atoms with E-state index in [1.165, 1.54) is 6.92 Å². The molecule has 1 aromatic carbocycles. The summed E-state index contributed by atoms with van der Waals surface area (Å²) >= 11 is 5.92. The van der Waals surface area contributed by atoms with Crippen molar-refractivity contribution in [2.75, 3.05) is 0 Å². The number of ether oxygens (including phenoxy) is 1. The van der Waals surface area contributed by atoms with Gasteiger partial charge < -0.3 is 14.6 Å². The number of halogens is 1. The van der Waals surface area contributed by atoms with Crippen molar-refractivity contribution in [1.82, 2.24) is 10.5 Å². The molecule has 1 aromatic heterocycles. The lowest BCUT2D eigenvalue weighted by Gasteiger charge is -2.17. The zero-order valence-electron chi connectivity index (χ0n) is 18.9. The van der Waals surface area contributed by atoms with Crippen LogP contribution < -0.4 is 5.32 Å². The van der Waals surface area contributed by atoms with Crippen LogP contribution in [-0.4, -0.2) is 22.6 Å². The first-order chi connectivity index (χ1) is 13.6. The molecule has 162 valence electrons. The zero-order chi connectivity index (χ0) is 22.8. The first-order valence-corrected chi connectivity index (χ1v) is 10.2. The van der Waals surface area contributed by atoms with Gasteiger partial charge in [0.1, 0.15) is 5.60 Å². The molecule has 6 nitrogen and oxygen atoms in total. The average molecular weight is 425 g/mol. The molecule has 7 heteroatoms. The van der Waals surface area contributed by atoms with Crippen LogP contribution in [0.5, 0.6) is 0 Å². The summed E-state index contributed by atoms with van der Waals surface area (Å²) in [6.07, 6.45) is 0. The van der Waals surface area contributed by atoms with E-state index < -0.39 is 0 Å². The van der Waals surface area contributed by atoms with Gasteiger partial charge in [-0.25, -0.2) is 0 Å². The SMILES string of the molecule is CC.CC.CC(=O)OC(C)(C)C.Cc1noc2c1-c1ccc(Cl)cc1C(=O)NC2. The number of nitrogens with zero attached hydrogens (tertiary/aromatic N) is 1. The summed E-state index contributed by atoms with van der Waals surface area (Å²) < 4.78 is 10.0. The molecule has 3 rings (SSSR count). The number of benzene rings is 1. The van der Waals surface area contributed by atoms with Crippen molar-refractivity contribution in [3.63, 3.8) is 0 Å². The average Bonchev–Trinajstić information content (AvgIpc) is 2.95. The molecule has 0 fully saturated rings. The fourth-order valence-electron chi connectivity index (χ4n) is 2.49. The summed E-state index contributed by atoms with van der Waals surface area (Å²) in [5, 5.41) is 7.23. The summed E-state index contributed by atoms with van der Waals surface area (Å²) in [4.78, 5) is 22.1. The highest BCUT2D eigenvalue weighted by atomic mass is 35.5. The third-order valence-electron chi connectivity index (χ3n) is 3.29. The molecular weight excluding hydrogens is 392 g/mol. The summed E-state index contributed by atoms with van der Waals surface area (Å²) in [5.41, 5.74) is 2.71. The van der Waals surface area contributed by atoms with Crippen LogP contribution in [0.4, 0.5) is 0 Å². The fraction of sp³-hybridized carbons (Fsp3) is 0.500. The first kappa shape index (κ1) is 26.7. The van der Waals surface area contributed by atoms with Crippen molar-refractivity contribution in [2.45, 2.75) is 74.5 Å². The molecule has 0 atom stereocenters. The number of fused-ring (bicyclic) bond motifs is 3. The van der Waals surface area contributed by atoms with Gasteiger partial charge in [-0.15, -0.1) is 0 Å². The Hall–Kier alpha value is -2.34. The van der Waals surface area contributed by atoms with E-state index in [1.807, 2.05) is 61.5 Å². The number of hydrogen-bond donors (Lipinski definition) is 1. The molecule has 1 amide bonds. The van der Waals surface area contributed by atoms with Crippen molar-refractivity contribution in [2.24, 2.45) is 0 Å². The quantitative estimate of drug-likeness (QED) is 0.528. The zero-order valence-corrected chi connectivity index (χ0v) is 19.7. The third kappa shape index (κ3) is 8.28. The van der Waals surface area contributed by atoms with Gasteiger partial charge in [-0.3, -0.25) is 9.59 Å². The second-order valence-electron chi connectivity index (χ2n) is 6.64. The van der Waals surface area contributed by atoms with Crippen LogP contribution in [0.25, 0.3) is 11.1 Å². The van der Waals surface area contributed by atoms with Crippen molar-refractivity contribution in [3.05, 3.63) is 40.2 Å². The lowest BCUT2D eigenvalue weighted by molar-refractivity contribution is -0.151. The highest BCUT2D eigenvalue weighted by Crippen LogP contribution is 2.33. The third-order valence-corrected chi connectivity index (χ3v) is 3.52. The van der Waals surface area contributed by atoms with Crippen molar-refractivity contribution in [1.29, 1.82) is 0 Å². The molecule has 0 unspecified atom stereocenters. The summed E-state index contributed by atoms with van der Waals surface area (Å²) in [7, 11) is 0. The van der Waals surface area contributed by atoms with Gasteiger partial charge in [-0.1, -0.05) is 50.5 Å². The van der Waals surface area contributed by atoms with Gasteiger partial charge in [-0.2, -0.15) is 0 Å². The molecule has 0 saturated heterocycles. The van der Waals surface area contributed by atoms with E-state index in [1.54, 1.807) is 12.1 Å². The highest BCUT2D eigenvalue weighted by Gasteiger charge is 2.24. The van der Waals surface area contributed by atoms with Crippen LogP contribution >= 0.6 is 11.6 Å². The molecule has 0 saturated carbocycles. The molecule has 0 aliphatic carbocycles. The van der Waals surface area contributed by atoms with Gasteiger partial charge in [0, 0.05) is 23.1 Å². The summed E-state index contributed by atoms with van der Waals surface area (Å²) in [5.74, 6) is 0.308. The predicted octanol–water partition coefficient (Wildman–Crippen LogP) is 5.95. The van der Waals surface area contributed by atoms with E-state index in [9.17, 15) is 9.59 Å². The van der Waals surface area contributed by atoms with Crippen molar-refractivity contribution < 1.29 is 18.8 Å². The largest absolute Gasteiger partial charge is 0.460 e. The number of carbonyl (C=O) groups excluding carboxylic acids is 2. The number of hydrogen-bond acceptors (Lipinski definition) is 5. The van der Waals surface area contributed by atoms with E-state index >= 15 is 0 Å². The van der Waals surface area contributed by atoms with E-state index in [0.29, 0.717) is 22.9 Å². The lowest BCUT2D eigenvalue weighted by atomic mass is 9.99.